The summed E-state index contributed by atoms with van der Waals surface area (Å²) in [6, 6.07) is 3.69. The van der Waals surface area contributed by atoms with E-state index in [9.17, 15) is 0 Å². The molecule has 1 aromatic heterocycles. The Hall–Kier alpha value is -1.79. The number of nitrogens with two attached hydrogens (primary N) is 1. The fraction of sp³-hybridized carbons (Fsp3) is 0.308. The lowest BCUT2D eigenvalue weighted by atomic mass is 10.2. The van der Waals surface area contributed by atoms with Crippen molar-refractivity contribution in [1.82, 2.24) is 4.98 Å². The number of thiazole rings is 1. The topological polar surface area (TPSA) is 66.6 Å². The molecule has 2 N–H and O–H groups in total. The second-order valence-corrected chi connectivity index (χ2v) is 4.73. The normalized spacial score (nSPS) is 10.3. The van der Waals surface area contributed by atoms with Gasteiger partial charge in [0.1, 0.15) is 11.6 Å². The van der Waals surface area contributed by atoms with Gasteiger partial charge in [0.05, 0.1) is 14.2 Å². The highest BCUT2D eigenvalue weighted by molar-refractivity contribution is 7.09. The van der Waals surface area contributed by atoms with Gasteiger partial charge < -0.3 is 19.9 Å². The third-order valence-corrected chi connectivity index (χ3v) is 3.33. The van der Waals surface area contributed by atoms with Crippen LogP contribution in [0.4, 0.5) is 0 Å². The Kier molecular flexibility index (Phi) is 4.59. The summed E-state index contributed by atoms with van der Waals surface area (Å²) >= 11 is 1.54. The van der Waals surface area contributed by atoms with E-state index >= 15 is 0 Å². The number of methoxy groups -OCH3 is 2. The van der Waals surface area contributed by atoms with Crippen LogP contribution in [0.5, 0.6) is 17.2 Å². The van der Waals surface area contributed by atoms with Crippen molar-refractivity contribution in [2.75, 3.05) is 14.2 Å². The number of benzene rings is 1. The Bertz CT molecular complexity index is 504. The summed E-state index contributed by atoms with van der Waals surface area (Å²) in [6.07, 6.45) is 1.75. The summed E-state index contributed by atoms with van der Waals surface area (Å²) in [6.45, 7) is 0.797. The number of aromatic nitrogens is 1. The Morgan fingerprint density at radius 3 is 2.37 bits per heavy atom. The number of hydrogen-bond donors (Lipinski definition) is 1. The first-order chi connectivity index (χ1) is 9.28. The molecule has 0 unspecified atom stereocenters. The van der Waals surface area contributed by atoms with Crippen LogP contribution >= 0.6 is 11.3 Å². The molecule has 0 fully saturated rings. The minimum Gasteiger partial charge on any atom is -0.493 e. The van der Waals surface area contributed by atoms with Crippen molar-refractivity contribution < 1.29 is 14.2 Å². The van der Waals surface area contributed by atoms with Crippen molar-refractivity contribution in [3.8, 4) is 17.2 Å². The van der Waals surface area contributed by atoms with Gasteiger partial charge in [0.2, 0.25) is 5.75 Å². The smallest absolute Gasteiger partial charge is 0.203 e. The maximum Gasteiger partial charge on any atom is 0.203 e. The standard InChI is InChI=1S/C13H16N2O3S/c1-16-10-5-9(7-14)6-11(17-2)13(10)18-8-12-15-3-4-19-12/h3-6H,7-8,14H2,1-2H3. The maximum absolute atomic E-state index is 5.75. The number of hydrogen-bond acceptors (Lipinski definition) is 6. The summed E-state index contributed by atoms with van der Waals surface area (Å²) in [5.74, 6) is 1.78. The first-order valence-electron chi connectivity index (χ1n) is 5.74. The third-order valence-electron chi connectivity index (χ3n) is 2.58. The predicted octanol–water partition coefficient (Wildman–Crippen LogP) is 2.20. The summed E-state index contributed by atoms with van der Waals surface area (Å²) in [5.41, 5.74) is 6.56. The molecule has 0 radical (unpaired) electrons. The van der Waals surface area contributed by atoms with Crippen molar-refractivity contribution in [1.29, 1.82) is 0 Å². The first kappa shape index (κ1) is 13.6. The highest BCUT2D eigenvalue weighted by Crippen LogP contribution is 2.39. The van der Waals surface area contributed by atoms with E-state index in [0.29, 0.717) is 30.4 Å². The van der Waals surface area contributed by atoms with Gasteiger partial charge in [-0.1, -0.05) is 0 Å². The number of ether oxygens (including phenoxy) is 3. The van der Waals surface area contributed by atoms with E-state index in [1.165, 1.54) is 11.3 Å². The zero-order valence-corrected chi connectivity index (χ0v) is 11.7. The fourth-order valence-corrected chi connectivity index (χ4v) is 2.18. The van der Waals surface area contributed by atoms with Crippen LogP contribution in [0.2, 0.25) is 0 Å². The monoisotopic (exact) mass is 280 g/mol. The largest absolute Gasteiger partial charge is 0.493 e. The number of nitrogens with zero attached hydrogens (tertiary/aromatic N) is 1. The van der Waals surface area contributed by atoms with E-state index < -0.39 is 0 Å². The van der Waals surface area contributed by atoms with Gasteiger partial charge in [-0.2, -0.15) is 0 Å². The van der Waals surface area contributed by atoms with Crippen LogP contribution in [-0.2, 0) is 13.2 Å². The molecule has 0 saturated heterocycles. The van der Waals surface area contributed by atoms with Crippen molar-refractivity contribution in [3.05, 3.63) is 34.3 Å². The average Bonchev–Trinajstić information content (AvgIpc) is 2.97. The molecule has 1 aromatic carbocycles. The van der Waals surface area contributed by atoms with Crippen LogP contribution in [0.25, 0.3) is 0 Å². The highest BCUT2D eigenvalue weighted by Gasteiger charge is 2.14. The van der Waals surface area contributed by atoms with E-state index in [-0.39, 0.29) is 0 Å². The summed E-state index contributed by atoms with van der Waals surface area (Å²) < 4.78 is 16.4. The minimum absolute atomic E-state index is 0.381. The Morgan fingerprint density at radius 1 is 1.21 bits per heavy atom. The molecular weight excluding hydrogens is 264 g/mol. The van der Waals surface area contributed by atoms with Gasteiger partial charge in [0.25, 0.3) is 0 Å². The Labute approximate surface area is 115 Å². The zero-order valence-electron chi connectivity index (χ0n) is 10.9. The summed E-state index contributed by atoms with van der Waals surface area (Å²) in [7, 11) is 3.18. The highest BCUT2D eigenvalue weighted by atomic mass is 32.1. The van der Waals surface area contributed by atoms with Crippen LogP contribution in [0, 0.1) is 0 Å². The SMILES string of the molecule is COc1cc(CN)cc(OC)c1OCc1nccs1. The van der Waals surface area contributed by atoms with E-state index in [1.807, 2.05) is 17.5 Å². The molecule has 0 saturated carbocycles. The quantitative estimate of drug-likeness (QED) is 0.878. The van der Waals surface area contributed by atoms with E-state index in [1.54, 1.807) is 20.4 Å². The van der Waals surface area contributed by atoms with Crippen LogP contribution < -0.4 is 19.9 Å². The Balaban J connectivity index is 2.26. The van der Waals surface area contributed by atoms with Crippen molar-refractivity contribution in [3.63, 3.8) is 0 Å². The lowest BCUT2D eigenvalue weighted by Crippen LogP contribution is -2.03. The van der Waals surface area contributed by atoms with E-state index in [2.05, 4.69) is 4.98 Å². The fourth-order valence-electron chi connectivity index (χ4n) is 1.65. The third kappa shape index (κ3) is 3.15. The van der Waals surface area contributed by atoms with Gasteiger partial charge in [-0.3, -0.25) is 0 Å². The van der Waals surface area contributed by atoms with Gasteiger partial charge in [-0.25, -0.2) is 4.98 Å². The van der Waals surface area contributed by atoms with Crippen LogP contribution in [0.1, 0.15) is 10.6 Å². The predicted molar refractivity (Wildman–Crippen MR) is 73.9 cm³/mol. The maximum atomic E-state index is 5.75. The van der Waals surface area contributed by atoms with Crippen molar-refractivity contribution in [2.24, 2.45) is 5.73 Å². The average molecular weight is 280 g/mol. The second kappa shape index (κ2) is 6.40. The number of rotatable bonds is 6. The molecule has 0 aliphatic rings. The van der Waals surface area contributed by atoms with E-state index in [0.717, 1.165) is 10.6 Å². The molecule has 102 valence electrons. The van der Waals surface area contributed by atoms with Crippen molar-refractivity contribution in [2.45, 2.75) is 13.2 Å². The molecule has 0 atom stereocenters. The molecule has 0 aliphatic carbocycles. The molecule has 0 spiro atoms. The molecule has 2 rings (SSSR count). The molecular formula is C13H16N2O3S. The van der Waals surface area contributed by atoms with Gasteiger partial charge in [-0.05, 0) is 17.7 Å². The van der Waals surface area contributed by atoms with Gasteiger partial charge in [-0.15, -0.1) is 11.3 Å². The van der Waals surface area contributed by atoms with Crippen LogP contribution in [0.3, 0.4) is 0 Å². The molecule has 1 heterocycles. The molecule has 19 heavy (non-hydrogen) atoms. The Morgan fingerprint density at radius 2 is 1.89 bits per heavy atom. The van der Waals surface area contributed by atoms with Crippen LogP contribution in [-0.4, -0.2) is 19.2 Å². The van der Waals surface area contributed by atoms with Crippen molar-refractivity contribution >= 4 is 11.3 Å². The molecule has 0 amide bonds. The summed E-state index contributed by atoms with van der Waals surface area (Å²) in [4.78, 5) is 4.17. The zero-order chi connectivity index (χ0) is 13.7. The van der Waals surface area contributed by atoms with Gasteiger partial charge in [0.15, 0.2) is 11.5 Å². The molecule has 5 nitrogen and oxygen atoms in total. The minimum atomic E-state index is 0.381. The lowest BCUT2D eigenvalue weighted by molar-refractivity contribution is 0.265. The first-order valence-corrected chi connectivity index (χ1v) is 6.62. The second-order valence-electron chi connectivity index (χ2n) is 3.75. The van der Waals surface area contributed by atoms with Crippen LogP contribution in [0.15, 0.2) is 23.7 Å². The lowest BCUT2D eigenvalue weighted by Gasteiger charge is -2.15. The van der Waals surface area contributed by atoms with Gasteiger partial charge in [0, 0.05) is 18.1 Å². The molecule has 0 aliphatic heterocycles. The van der Waals surface area contributed by atoms with E-state index in [4.69, 9.17) is 19.9 Å². The summed E-state index contributed by atoms with van der Waals surface area (Å²) in [5, 5.41) is 2.80. The molecule has 0 bridgehead atoms. The molecule has 2 aromatic rings. The van der Waals surface area contributed by atoms with Gasteiger partial charge >= 0.3 is 0 Å². The molecule has 6 heteroatoms.